The predicted molar refractivity (Wildman–Crippen MR) is 105 cm³/mol. The van der Waals surface area contributed by atoms with E-state index in [1.165, 1.54) is 0 Å². The van der Waals surface area contributed by atoms with Crippen molar-refractivity contribution in [2.24, 2.45) is 5.92 Å². The number of hydrogen-bond acceptors (Lipinski definition) is 7. The Labute approximate surface area is 169 Å². The van der Waals surface area contributed by atoms with Crippen molar-refractivity contribution in [3.8, 4) is 0 Å². The minimum absolute atomic E-state index is 0.174. The molecule has 1 saturated heterocycles. The maximum atomic E-state index is 12.3. The molecule has 29 heavy (non-hydrogen) atoms. The van der Waals surface area contributed by atoms with Gasteiger partial charge in [0.15, 0.2) is 6.61 Å². The summed E-state index contributed by atoms with van der Waals surface area (Å²) in [5.41, 5.74) is 3.26. The van der Waals surface area contributed by atoms with Gasteiger partial charge in [0.25, 0.3) is 5.91 Å². The summed E-state index contributed by atoms with van der Waals surface area (Å²) < 4.78 is 10.2. The molecule has 1 fully saturated rings. The van der Waals surface area contributed by atoms with E-state index in [1.54, 1.807) is 30.0 Å². The van der Waals surface area contributed by atoms with E-state index in [-0.39, 0.29) is 24.4 Å². The number of aryl methyl sites for hydroxylation is 2. The van der Waals surface area contributed by atoms with Crippen LogP contribution in [0.1, 0.15) is 41.5 Å². The average Bonchev–Trinajstić information content (AvgIpc) is 2.72. The summed E-state index contributed by atoms with van der Waals surface area (Å²) in [5.74, 6) is -1.24. The molecule has 1 aliphatic heterocycles. The largest absolute Gasteiger partial charge is 0.466 e. The Morgan fingerprint density at radius 1 is 1.03 bits per heavy atom. The van der Waals surface area contributed by atoms with Crippen molar-refractivity contribution in [2.45, 2.75) is 33.6 Å². The van der Waals surface area contributed by atoms with Crippen molar-refractivity contribution < 1.29 is 23.9 Å². The van der Waals surface area contributed by atoms with Gasteiger partial charge in [-0.25, -0.2) is 14.8 Å². The zero-order valence-corrected chi connectivity index (χ0v) is 16.9. The highest BCUT2D eigenvalue weighted by Gasteiger charge is 2.28. The Morgan fingerprint density at radius 2 is 1.69 bits per heavy atom. The molecule has 3 rings (SSSR count). The molecule has 0 spiro atoms. The molecule has 8 heteroatoms. The SMILES string of the molecule is CCOC(=O)C1CCN(C(=O)COC(=O)c2ccc3nc(C)c(C)nc3c2)CC1. The van der Waals surface area contributed by atoms with Crippen LogP contribution in [0.15, 0.2) is 18.2 Å². The van der Waals surface area contributed by atoms with Crippen LogP contribution in [0.3, 0.4) is 0 Å². The summed E-state index contributed by atoms with van der Waals surface area (Å²) >= 11 is 0. The Kier molecular flexibility index (Phi) is 6.41. The second kappa shape index (κ2) is 8.98. The first kappa shape index (κ1) is 20.7. The van der Waals surface area contributed by atoms with Gasteiger partial charge in [-0.15, -0.1) is 0 Å². The van der Waals surface area contributed by atoms with Gasteiger partial charge in [0.2, 0.25) is 0 Å². The van der Waals surface area contributed by atoms with Crippen LogP contribution in [0, 0.1) is 19.8 Å². The third kappa shape index (κ3) is 4.88. The molecule has 0 radical (unpaired) electrons. The number of benzene rings is 1. The molecule has 0 atom stereocenters. The second-order valence-electron chi connectivity index (χ2n) is 7.08. The van der Waals surface area contributed by atoms with E-state index in [2.05, 4.69) is 9.97 Å². The topological polar surface area (TPSA) is 98.7 Å². The number of aromatic nitrogens is 2. The first-order valence-electron chi connectivity index (χ1n) is 9.75. The van der Waals surface area contributed by atoms with Crippen molar-refractivity contribution in [1.82, 2.24) is 14.9 Å². The van der Waals surface area contributed by atoms with Gasteiger partial charge < -0.3 is 14.4 Å². The number of nitrogens with zero attached hydrogens (tertiary/aromatic N) is 3. The van der Waals surface area contributed by atoms with Gasteiger partial charge in [-0.1, -0.05) is 0 Å². The molecule has 0 saturated carbocycles. The van der Waals surface area contributed by atoms with Gasteiger partial charge in [-0.2, -0.15) is 0 Å². The number of rotatable bonds is 5. The number of esters is 2. The highest BCUT2D eigenvalue weighted by Crippen LogP contribution is 2.19. The molecule has 2 aromatic rings. The Hall–Kier alpha value is -3.03. The smallest absolute Gasteiger partial charge is 0.338 e. The van der Waals surface area contributed by atoms with E-state index in [4.69, 9.17) is 9.47 Å². The predicted octanol–water partition coefficient (Wildman–Crippen LogP) is 2.21. The lowest BCUT2D eigenvalue weighted by Crippen LogP contribution is -2.42. The van der Waals surface area contributed by atoms with Gasteiger partial charge in [-0.3, -0.25) is 9.59 Å². The van der Waals surface area contributed by atoms with Crippen molar-refractivity contribution in [2.75, 3.05) is 26.3 Å². The summed E-state index contributed by atoms with van der Waals surface area (Å²) in [4.78, 5) is 46.9. The first-order chi connectivity index (χ1) is 13.9. The van der Waals surface area contributed by atoms with Crippen LogP contribution in [0.25, 0.3) is 11.0 Å². The highest BCUT2D eigenvalue weighted by molar-refractivity contribution is 5.94. The Balaban J connectivity index is 1.54. The lowest BCUT2D eigenvalue weighted by Gasteiger charge is -2.30. The molecule has 8 nitrogen and oxygen atoms in total. The van der Waals surface area contributed by atoms with Crippen LogP contribution in [0.5, 0.6) is 0 Å². The first-order valence-corrected chi connectivity index (χ1v) is 9.75. The maximum absolute atomic E-state index is 12.3. The Bertz CT molecular complexity index is 935. The van der Waals surface area contributed by atoms with E-state index in [0.29, 0.717) is 49.1 Å². The molecular weight excluding hydrogens is 374 g/mol. The van der Waals surface area contributed by atoms with E-state index < -0.39 is 5.97 Å². The fourth-order valence-corrected chi connectivity index (χ4v) is 3.28. The molecule has 154 valence electrons. The molecule has 2 heterocycles. The fourth-order valence-electron chi connectivity index (χ4n) is 3.28. The zero-order valence-electron chi connectivity index (χ0n) is 16.9. The summed E-state index contributed by atoms with van der Waals surface area (Å²) in [5, 5.41) is 0. The molecule has 1 amide bonds. The Morgan fingerprint density at radius 3 is 2.34 bits per heavy atom. The van der Waals surface area contributed by atoms with Crippen LogP contribution in [0.2, 0.25) is 0 Å². The highest BCUT2D eigenvalue weighted by atomic mass is 16.5. The van der Waals surface area contributed by atoms with Crippen molar-refractivity contribution in [3.05, 3.63) is 35.2 Å². The molecule has 0 aliphatic carbocycles. The molecular formula is C21H25N3O5. The third-order valence-corrected chi connectivity index (χ3v) is 5.11. The molecule has 1 aliphatic rings. The normalized spacial score (nSPS) is 14.7. The van der Waals surface area contributed by atoms with Crippen LogP contribution >= 0.6 is 0 Å². The van der Waals surface area contributed by atoms with Crippen LogP contribution < -0.4 is 0 Å². The molecule has 0 bridgehead atoms. The van der Waals surface area contributed by atoms with Gasteiger partial charge in [0, 0.05) is 13.1 Å². The minimum atomic E-state index is -0.582. The van der Waals surface area contributed by atoms with Crippen LogP contribution in [-0.4, -0.2) is 59.0 Å². The second-order valence-corrected chi connectivity index (χ2v) is 7.08. The van der Waals surface area contributed by atoms with E-state index >= 15 is 0 Å². The summed E-state index contributed by atoms with van der Waals surface area (Å²) in [6.45, 7) is 6.43. The zero-order chi connectivity index (χ0) is 21.0. The number of carbonyl (C=O) groups is 3. The van der Waals surface area contributed by atoms with Crippen molar-refractivity contribution in [1.29, 1.82) is 0 Å². The monoisotopic (exact) mass is 399 g/mol. The molecule has 0 N–H and O–H groups in total. The van der Waals surface area contributed by atoms with E-state index in [9.17, 15) is 14.4 Å². The van der Waals surface area contributed by atoms with E-state index in [1.807, 2.05) is 13.8 Å². The summed E-state index contributed by atoms with van der Waals surface area (Å²) in [7, 11) is 0. The third-order valence-electron chi connectivity index (χ3n) is 5.11. The average molecular weight is 399 g/mol. The summed E-state index contributed by atoms with van der Waals surface area (Å²) in [6.07, 6.45) is 1.11. The molecule has 1 aromatic carbocycles. The number of carbonyl (C=O) groups excluding carboxylic acids is 3. The number of hydrogen-bond donors (Lipinski definition) is 0. The number of fused-ring (bicyclic) bond motifs is 1. The number of amides is 1. The standard InChI is InChI=1S/C21H25N3O5/c1-4-28-20(26)15-7-9-24(10-8-15)19(25)12-29-21(27)16-5-6-17-18(11-16)23-14(3)13(2)22-17/h5-6,11,15H,4,7-10,12H2,1-3H3. The molecule has 1 aromatic heterocycles. The number of ether oxygens (including phenoxy) is 2. The fraction of sp³-hybridized carbons (Fsp3) is 0.476. The number of piperidine rings is 1. The van der Waals surface area contributed by atoms with Gasteiger partial charge in [-0.05, 0) is 51.8 Å². The lowest BCUT2D eigenvalue weighted by molar-refractivity contribution is -0.151. The van der Waals surface area contributed by atoms with Crippen LogP contribution in [0.4, 0.5) is 0 Å². The van der Waals surface area contributed by atoms with Gasteiger partial charge in [0.05, 0.1) is 40.5 Å². The van der Waals surface area contributed by atoms with Gasteiger partial charge >= 0.3 is 11.9 Å². The molecule has 0 unspecified atom stereocenters. The quantitative estimate of drug-likeness (QED) is 0.711. The summed E-state index contributed by atoms with van der Waals surface area (Å²) in [6, 6.07) is 4.95. The van der Waals surface area contributed by atoms with Crippen molar-refractivity contribution in [3.63, 3.8) is 0 Å². The van der Waals surface area contributed by atoms with Crippen molar-refractivity contribution >= 4 is 28.9 Å². The van der Waals surface area contributed by atoms with Gasteiger partial charge in [0.1, 0.15) is 0 Å². The lowest BCUT2D eigenvalue weighted by atomic mass is 9.97. The number of likely N-dealkylation sites (tertiary alicyclic amines) is 1. The minimum Gasteiger partial charge on any atom is -0.466 e. The van der Waals surface area contributed by atoms with E-state index in [0.717, 1.165) is 11.4 Å². The van der Waals surface area contributed by atoms with Crippen LogP contribution in [-0.2, 0) is 19.1 Å². The maximum Gasteiger partial charge on any atom is 0.338 e.